The monoisotopic (exact) mass is 248 g/mol. The summed E-state index contributed by atoms with van der Waals surface area (Å²) in [7, 11) is 0. The largest absolute Gasteiger partial charge is 0.398 e. The summed E-state index contributed by atoms with van der Waals surface area (Å²) in [5, 5.41) is 2.75. The summed E-state index contributed by atoms with van der Waals surface area (Å²) in [6, 6.07) is 2.55. The molecule has 1 atom stereocenters. The van der Waals surface area contributed by atoms with E-state index in [0.29, 0.717) is 12.0 Å². The summed E-state index contributed by atoms with van der Waals surface area (Å²) in [4.78, 5) is 11.9. The molecule has 0 saturated heterocycles. The minimum atomic E-state index is -0.481. The van der Waals surface area contributed by atoms with Gasteiger partial charge in [0.15, 0.2) is 0 Å². The van der Waals surface area contributed by atoms with Gasteiger partial charge in [0, 0.05) is 29.3 Å². The molecule has 0 fully saturated rings. The van der Waals surface area contributed by atoms with Crippen molar-refractivity contribution in [2.24, 2.45) is 0 Å². The number of nitrogens with two attached hydrogens (primary N) is 1. The Balaban J connectivity index is 2.88. The lowest BCUT2D eigenvalue weighted by molar-refractivity contribution is 0.0936. The van der Waals surface area contributed by atoms with Crippen molar-refractivity contribution in [3.63, 3.8) is 0 Å². The molecule has 0 saturated carbocycles. The number of carbonyl (C=O) groups excluding carboxylic acids is 1. The van der Waals surface area contributed by atoms with Crippen molar-refractivity contribution in [2.75, 3.05) is 5.73 Å². The van der Waals surface area contributed by atoms with Gasteiger partial charge in [-0.05, 0) is 25.5 Å². The van der Waals surface area contributed by atoms with E-state index in [9.17, 15) is 9.18 Å². The zero-order valence-electron chi connectivity index (χ0n) is 10.6. The van der Waals surface area contributed by atoms with E-state index in [4.69, 9.17) is 12.2 Å². The van der Waals surface area contributed by atoms with Crippen molar-refractivity contribution in [3.8, 4) is 12.3 Å². The van der Waals surface area contributed by atoms with Crippen molar-refractivity contribution >= 4 is 11.6 Å². The molecule has 0 aliphatic heterocycles. The Morgan fingerprint density at radius 3 is 2.78 bits per heavy atom. The smallest absolute Gasteiger partial charge is 0.251 e. The molecule has 0 aliphatic carbocycles. The van der Waals surface area contributed by atoms with Gasteiger partial charge in [-0.2, -0.15) is 0 Å². The van der Waals surface area contributed by atoms with Crippen molar-refractivity contribution < 1.29 is 9.18 Å². The average molecular weight is 248 g/mol. The second kappa shape index (κ2) is 6.06. The maximum Gasteiger partial charge on any atom is 0.251 e. The van der Waals surface area contributed by atoms with E-state index < -0.39 is 5.82 Å². The number of rotatable bonds is 4. The molecule has 4 heteroatoms. The SMILES string of the molecule is C#CCC(CC)NC(=O)c1cc(N)c(C)c(F)c1. The Morgan fingerprint density at radius 1 is 1.61 bits per heavy atom. The number of nitrogen functional groups attached to an aromatic ring is 1. The molecule has 1 amide bonds. The number of amides is 1. The first-order valence-electron chi connectivity index (χ1n) is 5.79. The van der Waals surface area contributed by atoms with Gasteiger partial charge in [0.1, 0.15) is 5.82 Å². The Morgan fingerprint density at radius 2 is 2.28 bits per heavy atom. The standard InChI is InChI=1S/C14H17FN2O/c1-4-6-11(5-2)17-14(18)10-7-12(15)9(3)13(16)8-10/h1,7-8,11H,5-6,16H2,2-3H3,(H,17,18). The van der Waals surface area contributed by atoms with Crippen LogP contribution in [0.15, 0.2) is 12.1 Å². The van der Waals surface area contributed by atoms with Gasteiger partial charge in [-0.15, -0.1) is 12.3 Å². The average Bonchev–Trinajstić information content (AvgIpc) is 2.34. The van der Waals surface area contributed by atoms with E-state index in [0.717, 1.165) is 6.42 Å². The predicted octanol–water partition coefficient (Wildman–Crippen LogP) is 2.25. The molecule has 0 radical (unpaired) electrons. The highest BCUT2D eigenvalue weighted by atomic mass is 19.1. The molecule has 0 aliphatic rings. The Labute approximate surface area is 107 Å². The van der Waals surface area contributed by atoms with E-state index in [-0.39, 0.29) is 23.2 Å². The van der Waals surface area contributed by atoms with Crippen LogP contribution in [0.1, 0.15) is 35.7 Å². The third kappa shape index (κ3) is 3.24. The van der Waals surface area contributed by atoms with Gasteiger partial charge in [0.25, 0.3) is 5.91 Å². The van der Waals surface area contributed by atoms with Crippen LogP contribution in [0.25, 0.3) is 0 Å². The molecule has 96 valence electrons. The first kappa shape index (κ1) is 14.0. The van der Waals surface area contributed by atoms with E-state index in [2.05, 4.69) is 11.2 Å². The van der Waals surface area contributed by atoms with Gasteiger partial charge in [-0.25, -0.2) is 4.39 Å². The number of hydrogen-bond donors (Lipinski definition) is 2. The molecule has 0 aromatic heterocycles. The van der Waals surface area contributed by atoms with Gasteiger partial charge in [0.2, 0.25) is 0 Å². The number of hydrogen-bond acceptors (Lipinski definition) is 2. The molecule has 1 unspecified atom stereocenters. The van der Waals surface area contributed by atoms with Crippen LogP contribution in [0.2, 0.25) is 0 Å². The number of carbonyl (C=O) groups is 1. The van der Waals surface area contributed by atoms with Gasteiger partial charge in [-0.3, -0.25) is 4.79 Å². The maximum absolute atomic E-state index is 13.5. The molecule has 1 aromatic rings. The highest BCUT2D eigenvalue weighted by Crippen LogP contribution is 2.17. The van der Waals surface area contributed by atoms with Crippen molar-refractivity contribution in [3.05, 3.63) is 29.1 Å². The van der Waals surface area contributed by atoms with Crippen LogP contribution in [0.5, 0.6) is 0 Å². The lowest BCUT2D eigenvalue weighted by Crippen LogP contribution is -2.34. The van der Waals surface area contributed by atoms with E-state index in [1.807, 2.05) is 6.92 Å². The van der Waals surface area contributed by atoms with Crippen LogP contribution in [-0.2, 0) is 0 Å². The number of benzene rings is 1. The van der Waals surface area contributed by atoms with Gasteiger partial charge in [-0.1, -0.05) is 6.92 Å². The summed E-state index contributed by atoms with van der Waals surface area (Å²) in [6.07, 6.45) is 6.38. The summed E-state index contributed by atoms with van der Waals surface area (Å²) in [6.45, 7) is 3.49. The minimum absolute atomic E-state index is 0.104. The summed E-state index contributed by atoms with van der Waals surface area (Å²) in [5.41, 5.74) is 6.46. The van der Waals surface area contributed by atoms with Crippen LogP contribution in [0, 0.1) is 25.1 Å². The maximum atomic E-state index is 13.5. The second-order valence-electron chi connectivity index (χ2n) is 4.16. The first-order chi connectivity index (χ1) is 8.49. The molecule has 0 bridgehead atoms. The van der Waals surface area contributed by atoms with Crippen LogP contribution >= 0.6 is 0 Å². The predicted molar refractivity (Wildman–Crippen MR) is 70.5 cm³/mol. The summed E-state index contributed by atoms with van der Waals surface area (Å²) >= 11 is 0. The Hall–Kier alpha value is -2.02. The minimum Gasteiger partial charge on any atom is -0.398 e. The molecule has 18 heavy (non-hydrogen) atoms. The summed E-state index contributed by atoms with van der Waals surface area (Å²) in [5.74, 6) is 1.65. The molecular weight excluding hydrogens is 231 g/mol. The highest BCUT2D eigenvalue weighted by Gasteiger charge is 2.14. The number of terminal acetylenes is 1. The highest BCUT2D eigenvalue weighted by molar-refractivity contribution is 5.95. The van der Waals surface area contributed by atoms with Gasteiger partial charge in [0.05, 0.1) is 0 Å². The van der Waals surface area contributed by atoms with Gasteiger partial charge < -0.3 is 11.1 Å². The fourth-order valence-corrected chi connectivity index (χ4v) is 1.54. The number of anilines is 1. The molecule has 3 nitrogen and oxygen atoms in total. The topological polar surface area (TPSA) is 55.1 Å². The Bertz CT molecular complexity index is 468. The third-order valence-electron chi connectivity index (χ3n) is 2.84. The van der Waals surface area contributed by atoms with E-state index in [1.165, 1.54) is 12.1 Å². The Kier molecular flexibility index (Phi) is 4.73. The zero-order valence-corrected chi connectivity index (χ0v) is 10.6. The lowest BCUT2D eigenvalue weighted by atomic mass is 10.1. The first-order valence-corrected chi connectivity index (χ1v) is 5.79. The number of nitrogens with one attached hydrogen (secondary N) is 1. The van der Waals surface area contributed by atoms with E-state index >= 15 is 0 Å². The van der Waals surface area contributed by atoms with Crippen molar-refractivity contribution in [2.45, 2.75) is 32.7 Å². The fourth-order valence-electron chi connectivity index (χ4n) is 1.54. The lowest BCUT2D eigenvalue weighted by Gasteiger charge is -2.15. The zero-order chi connectivity index (χ0) is 13.7. The van der Waals surface area contributed by atoms with Crippen molar-refractivity contribution in [1.82, 2.24) is 5.32 Å². The third-order valence-corrected chi connectivity index (χ3v) is 2.84. The second-order valence-corrected chi connectivity index (χ2v) is 4.16. The van der Waals surface area contributed by atoms with Crippen molar-refractivity contribution in [1.29, 1.82) is 0 Å². The molecule has 1 rings (SSSR count). The van der Waals surface area contributed by atoms with Gasteiger partial charge >= 0.3 is 0 Å². The van der Waals surface area contributed by atoms with E-state index in [1.54, 1.807) is 6.92 Å². The molecule has 0 spiro atoms. The van der Waals surface area contributed by atoms with Crippen LogP contribution in [0.4, 0.5) is 10.1 Å². The van der Waals surface area contributed by atoms with Crippen LogP contribution < -0.4 is 11.1 Å². The molecular formula is C14H17FN2O. The van der Waals surface area contributed by atoms with Crippen LogP contribution in [0.3, 0.4) is 0 Å². The number of halogens is 1. The molecule has 0 heterocycles. The molecule has 3 N–H and O–H groups in total. The normalized spacial score (nSPS) is 11.7. The molecule has 1 aromatic carbocycles. The fraction of sp³-hybridized carbons (Fsp3) is 0.357. The summed E-state index contributed by atoms with van der Waals surface area (Å²) < 4.78 is 13.5. The quantitative estimate of drug-likeness (QED) is 0.634. The van der Waals surface area contributed by atoms with Crippen LogP contribution in [-0.4, -0.2) is 11.9 Å².